The third kappa shape index (κ3) is 5.83. The van der Waals surface area contributed by atoms with Crippen LogP contribution in [-0.2, 0) is 10.0 Å². The second kappa shape index (κ2) is 10.1. The lowest BCUT2D eigenvalue weighted by molar-refractivity contribution is 0.102. The molecule has 1 fully saturated rings. The van der Waals surface area contributed by atoms with Gasteiger partial charge in [-0.25, -0.2) is 8.42 Å². The molecule has 6 nitrogen and oxygen atoms in total. The highest BCUT2D eigenvalue weighted by molar-refractivity contribution is 7.89. The van der Waals surface area contributed by atoms with Crippen molar-refractivity contribution in [2.75, 3.05) is 25.0 Å². The molecular weight excluding hydrogens is 400 g/mol. The molecule has 1 aliphatic heterocycles. The van der Waals surface area contributed by atoms with Gasteiger partial charge in [-0.2, -0.15) is 4.31 Å². The van der Waals surface area contributed by atoms with Gasteiger partial charge in [0.25, 0.3) is 5.91 Å². The van der Waals surface area contributed by atoms with Crippen molar-refractivity contribution < 1.29 is 17.9 Å². The van der Waals surface area contributed by atoms with Crippen LogP contribution in [0, 0.1) is 5.92 Å². The largest absolute Gasteiger partial charge is 0.493 e. The summed E-state index contributed by atoms with van der Waals surface area (Å²) in [5, 5.41) is 2.82. The number of benzene rings is 2. The second-order valence-electron chi connectivity index (χ2n) is 8.03. The third-order valence-electron chi connectivity index (χ3n) is 4.99. The summed E-state index contributed by atoms with van der Waals surface area (Å²) >= 11 is 0. The Morgan fingerprint density at radius 3 is 2.33 bits per heavy atom. The fourth-order valence-corrected chi connectivity index (χ4v) is 4.85. The first-order valence-corrected chi connectivity index (χ1v) is 11.9. The Balaban J connectivity index is 1.66. The predicted octanol–water partition coefficient (Wildman–Crippen LogP) is 4.54. The molecule has 0 saturated carbocycles. The van der Waals surface area contributed by atoms with E-state index in [-0.39, 0.29) is 10.8 Å². The zero-order chi connectivity index (χ0) is 21.6. The third-order valence-corrected chi connectivity index (χ3v) is 6.91. The van der Waals surface area contributed by atoms with Gasteiger partial charge in [-0.15, -0.1) is 0 Å². The van der Waals surface area contributed by atoms with Crippen LogP contribution in [0.3, 0.4) is 0 Å². The smallest absolute Gasteiger partial charge is 0.255 e. The highest BCUT2D eigenvalue weighted by Crippen LogP contribution is 2.22. The van der Waals surface area contributed by atoms with E-state index in [9.17, 15) is 13.2 Å². The van der Waals surface area contributed by atoms with Crippen LogP contribution in [0.4, 0.5) is 5.69 Å². The molecule has 2 aromatic carbocycles. The SMILES string of the molecule is CC(C)COc1cccc(C(=O)Nc2ccc(S(=O)(=O)N3CCCCCC3)cc2)c1. The summed E-state index contributed by atoms with van der Waals surface area (Å²) in [5.74, 6) is 0.773. The molecule has 162 valence electrons. The highest BCUT2D eigenvalue weighted by Gasteiger charge is 2.25. The van der Waals surface area contributed by atoms with E-state index in [1.807, 2.05) is 6.07 Å². The van der Waals surface area contributed by atoms with Gasteiger partial charge in [0.1, 0.15) is 5.75 Å². The number of hydrogen-bond acceptors (Lipinski definition) is 4. The van der Waals surface area contributed by atoms with E-state index in [2.05, 4.69) is 19.2 Å². The van der Waals surface area contributed by atoms with E-state index in [0.717, 1.165) is 25.7 Å². The van der Waals surface area contributed by atoms with Crippen LogP contribution in [0.1, 0.15) is 49.9 Å². The van der Waals surface area contributed by atoms with Gasteiger partial charge in [0.05, 0.1) is 11.5 Å². The quantitative estimate of drug-likeness (QED) is 0.700. The molecule has 3 rings (SSSR count). The number of rotatable bonds is 7. The number of hydrogen-bond donors (Lipinski definition) is 1. The minimum atomic E-state index is -3.50. The van der Waals surface area contributed by atoms with Crippen molar-refractivity contribution in [3.8, 4) is 5.75 Å². The number of sulfonamides is 1. The lowest BCUT2D eigenvalue weighted by Crippen LogP contribution is -2.31. The van der Waals surface area contributed by atoms with Crippen LogP contribution < -0.4 is 10.1 Å². The number of amides is 1. The molecule has 30 heavy (non-hydrogen) atoms. The average molecular weight is 431 g/mol. The molecule has 0 aromatic heterocycles. The fourth-order valence-electron chi connectivity index (χ4n) is 3.33. The summed E-state index contributed by atoms with van der Waals surface area (Å²) in [6.45, 7) is 5.84. The van der Waals surface area contributed by atoms with Crippen molar-refractivity contribution in [3.05, 3.63) is 54.1 Å². The highest BCUT2D eigenvalue weighted by atomic mass is 32.2. The van der Waals surface area contributed by atoms with E-state index in [0.29, 0.717) is 42.6 Å². The van der Waals surface area contributed by atoms with Crippen LogP contribution in [0.2, 0.25) is 0 Å². The number of ether oxygens (including phenoxy) is 1. The lowest BCUT2D eigenvalue weighted by Gasteiger charge is -2.20. The molecule has 1 saturated heterocycles. The first-order chi connectivity index (χ1) is 14.4. The zero-order valence-electron chi connectivity index (χ0n) is 17.6. The summed E-state index contributed by atoms with van der Waals surface area (Å²) in [4.78, 5) is 12.8. The van der Waals surface area contributed by atoms with Crippen molar-refractivity contribution in [3.63, 3.8) is 0 Å². The maximum atomic E-state index is 12.9. The Morgan fingerprint density at radius 1 is 1.03 bits per heavy atom. The molecule has 0 aliphatic carbocycles. The Kier molecular flexibility index (Phi) is 7.50. The Morgan fingerprint density at radius 2 is 1.70 bits per heavy atom. The van der Waals surface area contributed by atoms with E-state index >= 15 is 0 Å². The van der Waals surface area contributed by atoms with Gasteiger partial charge in [-0.3, -0.25) is 4.79 Å². The molecule has 1 amide bonds. The van der Waals surface area contributed by atoms with Crippen molar-refractivity contribution in [1.29, 1.82) is 0 Å². The summed E-state index contributed by atoms with van der Waals surface area (Å²) in [6.07, 6.45) is 3.93. The van der Waals surface area contributed by atoms with Crippen LogP contribution in [0.5, 0.6) is 5.75 Å². The minimum absolute atomic E-state index is 0.256. The molecular formula is C23H30N2O4S. The number of carbonyl (C=O) groups is 1. The first kappa shape index (κ1) is 22.3. The van der Waals surface area contributed by atoms with Crippen molar-refractivity contribution in [2.24, 2.45) is 5.92 Å². The van der Waals surface area contributed by atoms with Crippen molar-refractivity contribution in [2.45, 2.75) is 44.4 Å². The molecule has 1 heterocycles. The second-order valence-corrected chi connectivity index (χ2v) is 9.97. The number of nitrogens with one attached hydrogen (secondary N) is 1. The molecule has 0 unspecified atom stereocenters. The van der Waals surface area contributed by atoms with Gasteiger partial charge in [0, 0.05) is 24.3 Å². The summed E-state index contributed by atoms with van der Waals surface area (Å²) < 4.78 is 33.0. The van der Waals surface area contributed by atoms with Gasteiger partial charge < -0.3 is 10.1 Å². The van der Waals surface area contributed by atoms with Crippen LogP contribution >= 0.6 is 0 Å². The topological polar surface area (TPSA) is 75.7 Å². The standard InChI is InChI=1S/C23H30N2O4S/c1-18(2)17-29-21-9-7-8-19(16-21)23(26)24-20-10-12-22(13-11-20)30(27,28)25-14-5-3-4-6-15-25/h7-13,16,18H,3-6,14-15,17H2,1-2H3,(H,24,26). The van der Waals surface area contributed by atoms with Crippen LogP contribution in [0.15, 0.2) is 53.4 Å². The van der Waals surface area contributed by atoms with Gasteiger partial charge in [0.15, 0.2) is 0 Å². The Bertz CT molecular complexity index is 947. The minimum Gasteiger partial charge on any atom is -0.493 e. The number of anilines is 1. The molecule has 0 spiro atoms. The molecule has 1 N–H and O–H groups in total. The van der Waals surface area contributed by atoms with E-state index in [4.69, 9.17) is 4.74 Å². The molecule has 2 aromatic rings. The lowest BCUT2D eigenvalue weighted by atomic mass is 10.2. The Labute approximate surface area is 179 Å². The van der Waals surface area contributed by atoms with Gasteiger partial charge in [-0.05, 0) is 61.2 Å². The fraction of sp³-hybridized carbons (Fsp3) is 0.435. The first-order valence-electron chi connectivity index (χ1n) is 10.5. The number of nitrogens with zero attached hydrogens (tertiary/aromatic N) is 1. The van der Waals surface area contributed by atoms with Gasteiger partial charge in [0.2, 0.25) is 10.0 Å². The zero-order valence-corrected chi connectivity index (χ0v) is 18.5. The van der Waals surface area contributed by atoms with Crippen LogP contribution in [0.25, 0.3) is 0 Å². The monoisotopic (exact) mass is 430 g/mol. The molecule has 0 bridgehead atoms. The van der Waals surface area contributed by atoms with Crippen molar-refractivity contribution >= 4 is 21.6 Å². The molecule has 0 radical (unpaired) electrons. The van der Waals surface area contributed by atoms with E-state index < -0.39 is 10.0 Å². The normalized spacial score (nSPS) is 15.6. The maximum absolute atomic E-state index is 12.9. The summed E-state index contributed by atoms with van der Waals surface area (Å²) in [5.41, 5.74) is 1.03. The predicted molar refractivity (Wildman–Crippen MR) is 118 cm³/mol. The summed E-state index contributed by atoms with van der Waals surface area (Å²) in [6, 6.07) is 13.4. The number of carbonyl (C=O) groups excluding carboxylic acids is 1. The Hall–Kier alpha value is -2.38. The molecule has 0 atom stereocenters. The van der Waals surface area contributed by atoms with Gasteiger partial charge >= 0.3 is 0 Å². The molecule has 7 heteroatoms. The van der Waals surface area contributed by atoms with Gasteiger partial charge in [-0.1, -0.05) is 32.8 Å². The van der Waals surface area contributed by atoms with Crippen LogP contribution in [-0.4, -0.2) is 38.3 Å². The average Bonchev–Trinajstić information content (AvgIpc) is 3.03. The summed E-state index contributed by atoms with van der Waals surface area (Å²) in [7, 11) is -3.50. The van der Waals surface area contributed by atoms with Crippen molar-refractivity contribution in [1.82, 2.24) is 4.31 Å². The maximum Gasteiger partial charge on any atom is 0.255 e. The van der Waals surface area contributed by atoms with E-state index in [1.54, 1.807) is 46.8 Å². The van der Waals surface area contributed by atoms with E-state index in [1.165, 1.54) is 0 Å². The molecule has 1 aliphatic rings.